The molecule has 5 aromatic carbocycles. The van der Waals surface area contributed by atoms with Crippen LogP contribution in [-0.2, 0) is 41.8 Å². The fraction of sp³-hybridized carbons (Fsp3) is 0.410. The van der Waals surface area contributed by atoms with Gasteiger partial charge in [0.15, 0.2) is 0 Å². The zero-order chi connectivity index (χ0) is 54.5. The molecule has 404 valence electrons. The fourth-order valence-electron chi connectivity index (χ4n) is 12.5. The first-order chi connectivity index (χ1) is 37.9. The second-order valence-corrected chi connectivity index (χ2v) is 21.4. The lowest BCUT2D eigenvalue weighted by molar-refractivity contribution is -0.129. The second-order valence-electron chi connectivity index (χ2n) is 21.4. The summed E-state index contributed by atoms with van der Waals surface area (Å²) in [5.74, 6) is -0.846. The Kier molecular flexibility index (Phi) is 16.2. The Labute approximate surface area is 453 Å². The summed E-state index contributed by atoms with van der Waals surface area (Å²) in [6, 6.07) is 19.7. The summed E-state index contributed by atoms with van der Waals surface area (Å²) in [5, 5.41) is 31.6. The molecule has 5 aliphatic rings. The third kappa shape index (κ3) is 11.2. The number of benzene rings is 5. The predicted molar refractivity (Wildman–Crippen MR) is 297 cm³/mol. The minimum Gasteiger partial charge on any atom is -0.478 e. The highest BCUT2D eigenvalue weighted by atomic mass is 16.5. The molecule has 0 saturated heterocycles. The first-order valence-electron chi connectivity index (χ1n) is 27.8. The maximum atomic E-state index is 14.5. The molecule has 0 bridgehead atoms. The number of rotatable bonds is 18. The molecule has 0 aromatic heterocycles. The van der Waals surface area contributed by atoms with Gasteiger partial charge in [0, 0.05) is 119 Å². The van der Waals surface area contributed by atoms with Crippen LogP contribution in [0, 0.1) is 13.8 Å². The third-order valence-electron chi connectivity index (χ3n) is 16.1. The van der Waals surface area contributed by atoms with Crippen molar-refractivity contribution in [2.75, 3.05) is 49.5 Å². The summed E-state index contributed by atoms with van der Waals surface area (Å²) in [6.45, 7) is 7.99. The Hall–Kier alpha value is -8.01. The van der Waals surface area contributed by atoms with E-state index in [1.54, 1.807) is 46.8 Å². The van der Waals surface area contributed by atoms with Gasteiger partial charge in [-0.3, -0.25) is 24.4 Å². The lowest BCUT2D eigenvalue weighted by Crippen LogP contribution is -2.41. The van der Waals surface area contributed by atoms with E-state index in [1.807, 2.05) is 26.0 Å². The number of carboxylic acids is 1. The number of carboxylic acid groups (broad SMARTS) is 1. The van der Waals surface area contributed by atoms with Gasteiger partial charge in [-0.1, -0.05) is 30.1 Å². The molecule has 0 unspecified atom stereocenters. The van der Waals surface area contributed by atoms with Crippen molar-refractivity contribution in [3.8, 4) is 11.5 Å². The number of nitrogens with zero attached hydrogens (tertiary/aromatic N) is 6. The Bertz CT molecular complexity index is 3400. The summed E-state index contributed by atoms with van der Waals surface area (Å²) in [6.07, 6.45) is 13.1. The number of unbranched alkanes of at least 4 members (excludes halogenated alkanes) is 3. The molecule has 17 nitrogen and oxygen atoms in total. The number of azide groups is 1. The average Bonchev–Trinajstić information content (AvgIpc) is 3.71. The van der Waals surface area contributed by atoms with Crippen molar-refractivity contribution in [1.29, 1.82) is 0 Å². The molecule has 0 aliphatic carbocycles. The standard InChI is InChI=1S/C61H67N9O8/c1-37-31-39(32-38(2)54(37)65-67-62)36-70(60(74)40-19-22-44(23-20-40)64-51(71)17-5-3-4-6-18-52(72)66-77)30-25-63-59(73)43-21-24-45(61(75)76)48(35-43)53-49-33-41-13-7-9-26-68-28-11-15-46(55(41)68)57(49)78-58-47-16-12-29-69-27-10-8-14-42(56(47)69)34-50(53)58/h19-24,31-35H,3-18,25-30,36H2,1-2H3,(H4-,63,64,66,71,72,73,74,75,76,77)/p+1. The predicted octanol–water partition coefficient (Wildman–Crippen LogP) is 9.02. The number of hydroxylamine groups is 1. The molecule has 5 aromatic rings. The number of fused-ring (bicyclic) bond motifs is 4. The molecule has 78 heavy (non-hydrogen) atoms. The number of carbonyl (C=O) groups excluding carboxylic acids is 4. The van der Waals surface area contributed by atoms with E-state index in [0.29, 0.717) is 35.3 Å². The summed E-state index contributed by atoms with van der Waals surface area (Å²) in [7, 11) is 0. The highest BCUT2D eigenvalue weighted by Gasteiger charge is 2.36. The van der Waals surface area contributed by atoms with Gasteiger partial charge in [-0.2, -0.15) is 0 Å². The highest BCUT2D eigenvalue weighted by Crippen LogP contribution is 2.48. The van der Waals surface area contributed by atoms with Crippen molar-refractivity contribution < 1.29 is 39.0 Å². The van der Waals surface area contributed by atoms with Gasteiger partial charge in [0.05, 0.1) is 11.1 Å². The molecule has 5 heterocycles. The lowest BCUT2D eigenvalue weighted by Gasteiger charge is -2.35. The minimum atomic E-state index is -1.10. The summed E-state index contributed by atoms with van der Waals surface area (Å²) >= 11 is 0. The number of aryl methyl sites for hydroxylation is 4. The molecule has 0 atom stereocenters. The SMILES string of the molecule is Cc1cc(CN(CCNC(=O)c2ccc(C(=O)O)c(C3=c4cc5c6c(c4Oc4c3cc3c7c4CCCN7CCCC3)CCC[N+]=6CCCC5)c2)C(=O)c2ccc(NC(=O)CCCCCCC(=O)NO)cc2)cc(C)c1N=[N+]=[N-]. The molecular weight excluding hydrogens is 987 g/mol. The zero-order valence-electron chi connectivity index (χ0n) is 44.6. The van der Waals surface area contributed by atoms with Crippen LogP contribution >= 0.6 is 0 Å². The number of anilines is 2. The highest BCUT2D eigenvalue weighted by molar-refractivity contribution is 6.03. The summed E-state index contributed by atoms with van der Waals surface area (Å²) in [5.41, 5.74) is 23.1. The largest absolute Gasteiger partial charge is 0.478 e. The average molecular weight is 1060 g/mol. The number of hydrogen-bond donors (Lipinski definition) is 5. The van der Waals surface area contributed by atoms with Crippen molar-refractivity contribution in [3.05, 3.63) is 155 Å². The van der Waals surface area contributed by atoms with Gasteiger partial charge < -0.3 is 30.3 Å². The van der Waals surface area contributed by atoms with E-state index in [1.165, 1.54) is 39.4 Å². The van der Waals surface area contributed by atoms with Crippen molar-refractivity contribution in [1.82, 2.24) is 20.3 Å². The van der Waals surface area contributed by atoms with Gasteiger partial charge in [0.2, 0.25) is 17.2 Å². The minimum absolute atomic E-state index is 0.0617. The number of nitrogens with one attached hydrogen (secondary N) is 3. The number of amides is 4. The summed E-state index contributed by atoms with van der Waals surface area (Å²) < 4.78 is 9.82. The van der Waals surface area contributed by atoms with Gasteiger partial charge in [0.1, 0.15) is 24.6 Å². The fourth-order valence-corrected chi connectivity index (χ4v) is 12.5. The van der Waals surface area contributed by atoms with Crippen LogP contribution in [0.15, 0.2) is 71.8 Å². The lowest BCUT2D eigenvalue weighted by atomic mass is 9.82. The molecular formula is C61H68N9O8+. The van der Waals surface area contributed by atoms with Crippen molar-refractivity contribution in [3.63, 3.8) is 0 Å². The first kappa shape index (κ1) is 53.4. The normalized spacial score (nSPS) is 14.9. The van der Waals surface area contributed by atoms with Gasteiger partial charge >= 0.3 is 5.97 Å². The van der Waals surface area contributed by atoms with E-state index >= 15 is 0 Å². The number of hydrogen-bond acceptors (Lipinski definition) is 9. The van der Waals surface area contributed by atoms with Crippen molar-refractivity contribution in [2.45, 2.75) is 123 Å². The molecule has 0 fully saturated rings. The van der Waals surface area contributed by atoms with Crippen LogP contribution in [0.1, 0.15) is 158 Å². The maximum Gasteiger partial charge on any atom is 0.336 e. The van der Waals surface area contributed by atoms with E-state index < -0.39 is 17.8 Å². The molecule has 10 rings (SSSR count). The van der Waals surface area contributed by atoms with E-state index in [4.69, 9.17) is 9.94 Å². The van der Waals surface area contributed by atoms with Crippen LogP contribution in [0.25, 0.3) is 16.0 Å². The number of carbonyl (C=O) groups is 5. The summed E-state index contributed by atoms with van der Waals surface area (Å²) in [4.78, 5) is 73.6. The van der Waals surface area contributed by atoms with Crippen LogP contribution in [-0.4, -0.2) is 84.1 Å². The molecule has 5 aliphatic heterocycles. The molecule has 0 radical (unpaired) electrons. The molecule has 17 heteroatoms. The van der Waals surface area contributed by atoms with Gasteiger partial charge in [-0.05, 0) is 166 Å². The molecule has 0 spiro atoms. The van der Waals surface area contributed by atoms with E-state index in [-0.39, 0.29) is 55.4 Å². The van der Waals surface area contributed by atoms with Crippen LogP contribution < -0.4 is 40.9 Å². The quantitative estimate of drug-likeness (QED) is 0.0105. The number of aromatic carboxylic acids is 1. The van der Waals surface area contributed by atoms with Crippen molar-refractivity contribution in [2.24, 2.45) is 5.11 Å². The van der Waals surface area contributed by atoms with Crippen LogP contribution in [0.5, 0.6) is 11.5 Å². The number of ether oxygens (including phenoxy) is 1. The van der Waals surface area contributed by atoms with Crippen LogP contribution in [0.4, 0.5) is 17.1 Å². The molecule has 4 amide bonds. The molecule has 0 saturated carbocycles. The van der Waals surface area contributed by atoms with Gasteiger partial charge in [0.25, 0.3) is 11.8 Å². The Morgan fingerprint density at radius 3 is 2.22 bits per heavy atom. The second kappa shape index (κ2) is 23.7. The van der Waals surface area contributed by atoms with Crippen LogP contribution in [0.2, 0.25) is 0 Å². The third-order valence-corrected chi connectivity index (χ3v) is 16.1. The van der Waals surface area contributed by atoms with E-state index in [9.17, 15) is 34.6 Å². The van der Waals surface area contributed by atoms with Crippen molar-refractivity contribution >= 4 is 52.2 Å². The smallest absolute Gasteiger partial charge is 0.336 e. The maximum absolute atomic E-state index is 14.5. The van der Waals surface area contributed by atoms with E-state index in [2.05, 4.69) is 42.3 Å². The van der Waals surface area contributed by atoms with Gasteiger partial charge in [-0.25, -0.2) is 14.9 Å². The molecule has 5 N–H and O–H groups in total. The Morgan fingerprint density at radius 1 is 0.756 bits per heavy atom. The Morgan fingerprint density at radius 2 is 1.46 bits per heavy atom. The van der Waals surface area contributed by atoms with Gasteiger partial charge in [-0.15, -0.1) is 0 Å². The van der Waals surface area contributed by atoms with E-state index in [0.717, 1.165) is 148 Å². The first-order valence-corrected chi connectivity index (χ1v) is 27.8. The zero-order valence-corrected chi connectivity index (χ0v) is 44.6. The van der Waals surface area contributed by atoms with Crippen LogP contribution in [0.3, 0.4) is 0 Å². The topological polar surface area (TPSA) is 229 Å². The monoisotopic (exact) mass is 1050 g/mol. The Balaban J connectivity index is 0.949.